The third kappa shape index (κ3) is 3.62. The fraction of sp³-hybridized carbons (Fsp3) is 0.0435. The number of benzene rings is 2. The number of carbonyl (C=O) groups is 1. The van der Waals surface area contributed by atoms with E-state index in [0.717, 1.165) is 5.56 Å². The van der Waals surface area contributed by atoms with Crippen molar-refractivity contribution >= 4 is 39.9 Å². The minimum Gasteiger partial charge on any atom is -0.508 e. The van der Waals surface area contributed by atoms with Gasteiger partial charge < -0.3 is 14.2 Å². The predicted molar refractivity (Wildman–Crippen MR) is 120 cm³/mol. The molecule has 3 heterocycles. The van der Waals surface area contributed by atoms with Crippen LogP contribution in [0.3, 0.4) is 0 Å². The second-order valence-electron chi connectivity index (χ2n) is 7.05. The number of ketones is 1. The van der Waals surface area contributed by atoms with Crippen LogP contribution < -0.4 is 0 Å². The summed E-state index contributed by atoms with van der Waals surface area (Å²) >= 11 is 12.7. The molecule has 5 aromatic rings. The molecule has 0 aliphatic heterocycles. The fourth-order valence-electron chi connectivity index (χ4n) is 3.48. The highest BCUT2D eigenvalue weighted by molar-refractivity contribution is 6.37. The zero-order chi connectivity index (χ0) is 22.2. The molecule has 0 saturated heterocycles. The summed E-state index contributed by atoms with van der Waals surface area (Å²) in [6.07, 6.45) is 1.59. The average molecular weight is 465 g/mol. The van der Waals surface area contributed by atoms with E-state index in [4.69, 9.17) is 27.7 Å². The van der Waals surface area contributed by atoms with E-state index in [-0.39, 0.29) is 28.2 Å². The van der Waals surface area contributed by atoms with Crippen LogP contribution in [0.2, 0.25) is 10.2 Å². The van der Waals surface area contributed by atoms with Crippen molar-refractivity contribution in [2.24, 2.45) is 0 Å². The summed E-state index contributed by atoms with van der Waals surface area (Å²) in [7, 11) is 0. The van der Waals surface area contributed by atoms with Gasteiger partial charge in [0.25, 0.3) is 5.89 Å². The molecular weight excluding hydrogens is 451 g/mol. The monoisotopic (exact) mass is 464 g/mol. The number of hydrogen-bond donors (Lipinski definition) is 1. The number of nitrogens with zero attached hydrogens (tertiary/aromatic N) is 4. The van der Waals surface area contributed by atoms with Crippen molar-refractivity contribution < 1.29 is 14.4 Å². The lowest BCUT2D eigenvalue weighted by Crippen LogP contribution is -2.05. The minimum absolute atomic E-state index is 0.00847. The zero-order valence-corrected chi connectivity index (χ0v) is 17.9. The normalized spacial score (nSPS) is 11.2. The Balaban J connectivity index is 1.60. The Hall–Kier alpha value is -3.68. The van der Waals surface area contributed by atoms with Gasteiger partial charge in [-0.1, -0.05) is 46.6 Å². The van der Waals surface area contributed by atoms with Gasteiger partial charge in [-0.2, -0.15) is 4.98 Å². The SMILES string of the molecule is O=C(c1noc(-c2ccccn2)n1)c1c(Cl)n(Cc2ccc(Cl)cc2)c2ccc(O)cc12. The first-order valence-corrected chi connectivity index (χ1v) is 10.3. The number of fused-ring (bicyclic) bond motifs is 1. The van der Waals surface area contributed by atoms with Crippen LogP contribution in [-0.2, 0) is 6.54 Å². The highest BCUT2D eigenvalue weighted by Crippen LogP contribution is 2.34. The van der Waals surface area contributed by atoms with Crippen molar-refractivity contribution in [3.63, 3.8) is 0 Å². The van der Waals surface area contributed by atoms with Crippen LogP contribution in [0, 0.1) is 0 Å². The number of hydrogen-bond acceptors (Lipinski definition) is 6. The van der Waals surface area contributed by atoms with Crippen LogP contribution in [0.25, 0.3) is 22.5 Å². The molecule has 0 unspecified atom stereocenters. The highest BCUT2D eigenvalue weighted by Gasteiger charge is 2.27. The number of aromatic nitrogens is 4. The van der Waals surface area contributed by atoms with Crippen molar-refractivity contribution in [3.05, 3.63) is 94.0 Å². The largest absolute Gasteiger partial charge is 0.508 e. The minimum atomic E-state index is -0.522. The molecule has 0 atom stereocenters. The summed E-state index contributed by atoms with van der Waals surface area (Å²) in [4.78, 5) is 21.7. The maximum Gasteiger partial charge on any atom is 0.276 e. The van der Waals surface area contributed by atoms with Crippen molar-refractivity contribution in [3.8, 4) is 17.3 Å². The molecule has 0 amide bonds. The van der Waals surface area contributed by atoms with Gasteiger partial charge in [-0.05, 0) is 48.0 Å². The third-order valence-electron chi connectivity index (χ3n) is 4.98. The number of aromatic hydroxyl groups is 1. The molecule has 1 N–H and O–H groups in total. The second kappa shape index (κ2) is 8.11. The molecule has 5 rings (SSSR count). The lowest BCUT2D eigenvalue weighted by Gasteiger charge is -2.08. The van der Waals surface area contributed by atoms with Gasteiger partial charge in [0.1, 0.15) is 16.6 Å². The van der Waals surface area contributed by atoms with Crippen LogP contribution in [0.5, 0.6) is 5.75 Å². The Labute approximate surface area is 191 Å². The number of carbonyl (C=O) groups excluding carboxylic acids is 1. The lowest BCUT2D eigenvalue weighted by atomic mass is 10.1. The number of rotatable bonds is 5. The van der Waals surface area contributed by atoms with Gasteiger partial charge in [0.2, 0.25) is 11.6 Å². The molecule has 0 fully saturated rings. The third-order valence-corrected chi connectivity index (χ3v) is 5.62. The van der Waals surface area contributed by atoms with Crippen LogP contribution in [0.15, 0.2) is 71.4 Å². The second-order valence-corrected chi connectivity index (χ2v) is 7.84. The van der Waals surface area contributed by atoms with Gasteiger partial charge in [0.05, 0.1) is 11.1 Å². The molecule has 0 aliphatic rings. The molecule has 0 bridgehead atoms. The standard InChI is InChI=1S/C23H14Cl2N4O3/c24-14-6-4-13(5-7-14)12-29-18-9-8-15(30)11-16(18)19(21(29)25)20(31)22-27-23(32-28-22)17-3-1-2-10-26-17/h1-11,30H,12H2. The summed E-state index contributed by atoms with van der Waals surface area (Å²) in [6, 6.07) is 17.3. The summed E-state index contributed by atoms with van der Waals surface area (Å²) in [6.45, 7) is 0.399. The predicted octanol–water partition coefficient (Wildman–Crippen LogP) is 5.38. The van der Waals surface area contributed by atoms with Gasteiger partial charge in [0, 0.05) is 23.2 Å². The molecule has 7 nitrogen and oxygen atoms in total. The first kappa shape index (κ1) is 20.2. The molecular formula is C23H14Cl2N4O3. The molecule has 0 aliphatic carbocycles. The first-order valence-electron chi connectivity index (χ1n) is 9.56. The van der Waals surface area contributed by atoms with E-state index in [1.54, 1.807) is 53.2 Å². The summed E-state index contributed by atoms with van der Waals surface area (Å²) in [5, 5.41) is 15.2. The quantitative estimate of drug-likeness (QED) is 0.351. The lowest BCUT2D eigenvalue weighted by molar-refractivity contribution is 0.102. The van der Waals surface area contributed by atoms with Crippen LogP contribution in [0.4, 0.5) is 0 Å². The maximum atomic E-state index is 13.3. The summed E-state index contributed by atoms with van der Waals surface area (Å²) < 4.78 is 7.01. The van der Waals surface area contributed by atoms with E-state index >= 15 is 0 Å². The van der Waals surface area contributed by atoms with E-state index in [1.807, 2.05) is 12.1 Å². The van der Waals surface area contributed by atoms with Crippen LogP contribution in [-0.4, -0.2) is 30.6 Å². The smallest absolute Gasteiger partial charge is 0.276 e. The molecule has 32 heavy (non-hydrogen) atoms. The number of pyridine rings is 1. The topological polar surface area (TPSA) is 94.0 Å². The van der Waals surface area contributed by atoms with Crippen LogP contribution in [0.1, 0.15) is 21.7 Å². The Kier molecular flexibility index (Phi) is 5.13. The Bertz CT molecular complexity index is 1440. The molecule has 0 saturated carbocycles. The van der Waals surface area contributed by atoms with Gasteiger partial charge in [-0.25, -0.2) is 0 Å². The van der Waals surface area contributed by atoms with Crippen molar-refractivity contribution in [1.82, 2.24) is 19.7 Å². The van der Waals surface area contributed by atoms with E-state index < -0.39 is 5.78 Å². The summed E-state index contributed by atoms with van der Waals surface area (Å²) in [5.74, 6) is -0.542. The van der Waals surface area contributed by atoms with Gasteiger partial charge in [0.15, 0.2) is 0 Å². The Morgan fingerprint density at radius 3 is 2.62 bits per heavy atom. The van der Waals surface area contributed by atoms with Crippen molar-refractivity contribution in [2.75, 3.05) is 0 Å². The molecule has 158 valence electrons. The number of phenols is 1. The first-order chi connectivity index (χ1) is 15.5. The van der Waals surface area contributed by atoms with Crippen molar-refractivity contribution in [2.45, 2.75) is 6.54 Å². The Morgan fingerprint density at radius 2 is 1.88 bits per heavy atom. The number of phenolic OH excluding ortho intramolecular Hbond substituents is 1. The highest BCUT2D eigenvalue weighted by atomic mass is 35.5. The van der Waals surface area contributed by atoms with E-state index in [9.17, 15) is 9.90 Å². The maximum absolute atomic E-state index is 13.3. The molecule has 0 radical (unpaired) electrons. The average Bonchev–Trinajstić information content (AvgIpc) is 3.39. The number of halogens is 2. The molecule has 9 heteroatoms. The molecule has 3 aromatic heterocycles. The van der Waals surface area contributed by atoms with Crippen molar-refractivity contribution in [1.29, 1.82) is 0 Å². The Morgan fingerprint density at radius 1 is 1.06 bits per heavy atom. The van der Waals surface area contributed by atoms with E-state index in [1.165, 1.54) is 6.07 Å². The van der Waals surface area contributed by atoms with Crippen LogP contribution >= 0.6 is 23.2 Å². The zero-order valence-electron chi connectivity index (χ0n) is 16.4. The van der Waals surface area contributed by atoms with E-state index in [0.29, 0.717) is 28.2 Å². The fourth-order valence-corrected chi connectivity index (χ4v) is 3.94. The van der Waals surface area contributed by atoms with Gasteiger partial charge >= 0.3 is 0 Å². The summed E-state index contributed by atoms with van der Waals surface area (Å²) in [5.41, 5.74) is 2.25. The molecule has 0 spiro atoms. The molecule has 2 aromatic carbocycles. The van der Waals surface area contributed by atoms with Gasteiger partial charge in [-0.15, -0.1) is 0 Å². The van der Waals surface area contributed by atoms with E-state index in [2.05, 4.69) is 15.1 Å². The van der Waals surface area contributed by atoms with Gasteiger partial charge in [-0.3, -0.25) is 9.78 Å².